The SMILES string of the molecule is COc1ccc2nc(C(C)O)c(Cl)n2c1. The number of ether oxygens (including phenoxy) is 1. The molecule has 0 bridgehead atoms. The minimum absolute atomic E-state index is 0.416. The molecule has 0 radical (unpaired) electrons. The number of hydrogen-bond acceptors (Lipinski definition) is 3. The molecule has 0 saturated carbocycles. The van der Waals surface area contributed by atoms with Gasteiger partial charge in [0.15, 0.2) is 0 Å². The Bertz CT molecular complexity index is 493. The minimum atomic E-state index is -0.677. The summed E-state index contributed by atoms with van der Waals surface area (Å²) >= 11 is 6.07. The van der Waals surface area contributed by atoms with Crippen molar-refractivity contribution in [1.29, 1.82) is 0 Å². The third-order valence-electron chi connectivity index (χ3n) is 2.19. The van der Waals surface area contributed by atoms with Crippen molar-refractivity contribution in [3.63, 3.8) is 0 Å². The fourth-order valence-electron chi connectivity index (χ4n) is 1.40. The molecular weight excluding hydrogens is 216 g/mol. The van der Waals surface area contributed by atoms with Crippen molar-refractivity contribution < 1.29 is 9.84 Å². The topological polar surface area (TPSA) is 46.8 Å². The molecule has 5 heteroatoms. The zero-order chi connectivity index (χ0) is 11.0. The molecule has 15 heavy (non-hydrogen) atoms. The summed E-state index contributed by atoms with van der Waals surface area (Å²) in [4.78, 5) is 4.21. The Kier molecular flexibility index (Phi) is 2.54. The number of aromatic nitrogens is 2. The number of hydrogen-bond donors (Lipinski definition) is 1. The predicted molar refractivity (Wildman–Crippen MR) is 57.4 cm³/mol. The molecule has 0 aliphatic carbocycles. The van der Waals surface area contributed by atoms with E-state index in [2.05, 4.69) is 4.98 Å². The van der Waals surface area contributed by atoms with Gasteiger partial charge in [-0.3, -0.25) is 4.40 Å². The van der Waals surface area contributed by atoms with E-state index in [1.54, 1.807) is 36.8 Å². The average molecular weight is 227 g/mol. The molecule has 0 fully saturated rings. The van der Waals surface area contributed by atoms with Crippen molar-refractivity contribution in [2.45, 2.75) is 13.0 Å². The van der Waals surface area contributed by atoms with Crippen LogP contribution in [0.4, 0.5) is 0 Å². The summed E-state index contributed by atoms with van der Waals surface area (Å²) in [5.74, 6) is 0.693. The highest BCUT2D eigenvalue weighted by atomic mass is 35.5. The van der Waals surface area contributed by atoms with Gasteiger partial charge in [-0.05, 0) is 19.1 Å². The first kappa shape index (κ1) is 10.3. The normalized spacial score (nSPS) is 13.1. The van der Waals surface area contributed by atoms with E-state index < -0.39 is 6.10 Å². The lowest BCUT2D eigenvalue weighted by Crippen LogP contribution is -1.92. The largest absolute Gasteiger partial charge is 0.495 e. The van der Waals surface area contributed by atoms with Crippen LogP contribution in [0.1, 0.15) is 18.7 Å². The molecule has 0 aliphatic heterocycles. The standard InChI is InChI=1S/C10H11ClN2O2/c1-6(14)9-10(11)13-5-7(15-2)3-4-8(13)12-9/h3-6,14H,1-2H3. The first-order chi connectivity index (χ1) is 7.13. The minimum Gasteiger partial charge on any atom is -0.495 e. The summed E-state index contributed by atoms with van der Waals surface area (Å²) in [6.45, 7) is 1.63. The summed E-state index contributed by atoms with van der Waals surface area (Å²) in [6, 6.07) is 3.58. The van der Waals surface area contributed by atoms with E-state index in [1.807, 2.05) is 0 Å². The second-order valence-electron chi connectivity index (χ2n) is 3.26. The van der Waals surface area contributed by atoms with Crippen molar-refractivity contribution in [2.75, 3.05) is 7.11 Å². The molecule has 2 heterocycles. The van der Waals surface area contributed by atoms with Gasteiger partial charge in [-0.2, -0.15) is 0 Å². The number of aliphatic hydroxyl groups excluding tert-OH is 1. The number of halogens is 1. The quantitative estimate of drug-likeness (QED) is 0.853. The van der Waals surface area contributed by atoms with E-state index in [0.29, 0.717) is 22.2 Å². The lowest BCUT2D eigenvalue weighted by molar-refractivity contribution is 0.195. The van der Waals surface area contributed by atoms with Gasteiger partial charge < -0.3 is 9.84 Å². The summed E-state index contributed by atoms with van der Waals surface area (Å²) in [7, 11) is 1.58. The molecule has 2 rings (SSSR count). The van der Waals surface area contributed by atoms with Gasteiger partial charge in [-0.1, -0.05) is 11.6 Å². The van der Waals surface area contributed by atoms with E-state index in [4.69, 9.17) is 16.3 Å². The first-order valence-electron chi connectivity index (χ1n) is 4.53. The molecule has 0 aliphatic rings. The van der Waals surface area contributed by atoms with E-state index in [1.165, 1.54) is 0 Å². The van der Waals surface area contributed by atoms with Crippen molar-refractivity contribution in [2.24, 2.45) is 0 Å². The number of nitrogens with zero attached hydrogens (tertiary/aromatic N) is 2. The lowest BCUT2D eigenvalue weighted by atomic mass is 10.3. The number of imidazole rings is 1. The van der Waals surface area contributed by atoms with Gasteiger partial charge in [0.25, 0.3) is 0 Å². The monoisotopic (exact) mass is 226 g/mol. The van der Waals surface area contributed by atoms with Gasteiger partial charge in [0.2, 0.25) is 0 Å². The molecule has 2 aromatic heterocycles. The summed E-state index contributed by atoms with van der Waals surface area (Å²) in [5, 5.41) is 9.86. The summed E-state index contributed by atoms with van der Waals surface area (Å²) < 4.78 is 6.76. The fraction of sp³-hybridized carbons (Fsp3) is 0.300. The van der Waals surface area contributed by atoms with Gasteiger partial charge in [0, 0.05) is 0 Å². The zero-order valence-corrected chi connectivity index (χ0v) is 9.19. The number of rotatable bonds is 2. The smallest absolute Gasteiger partial charge is 0.139 e. The zero-order valence-electron chi connectivity index (χ0n) is 8.44. The average Bonchev–Trinajstić information content (AvgIpc) is 2.56. The van der Waals surface area contributed by atoms with Crippen LogP contribution in [-0.4, -0.2) is 21.6 Å². The van der Waals surface area contributed by atoms with Gasteiger partial charge in [-0.25, -0.2) is 4.98 Å². The first-order valence-corrected chi connectivity index (χ1v) is 4.91. The van der Waals surface area contributed by atoms with Crippen molar-refractivity contribution in [3.8, 4) is 5.75 Å². The molecule has 1 N–H and O–H groups in total. The molecule has 1 atom stereocenters. The third-order valence-corrected chi connectivity index (χ3v) is 2.56. The maximum absolute atomic E-state index is 9.44. The molecule has 1 unspecified atom stereocenters. The van der Waals surface area contributed by atoms with E-state index in [-0.39, 0.29) is 0 Å². The molecule has 0 spiro atoms. The maximum atomic E-state index is 9.44. The van der Waals surface area contributed by atoms with Gasteiger partial charge in [-0.15, -0.1) is 0 Å². The Balaban J connectivity index is 2.66. The van der Waals surface area contributed by atoms with Crippen LogP contribution >= 0.6 is 11.6 Å². The highest BCUT2D eigenvalue weighted by Crippen LogP contribution is 2.25. The van der Waals surface area contributed by atoms with Crippen LogP contribution in [0.3, 0.4) is 0 Å². The Morgan fingerprint density at radius 3 is 2.87 bits per heavy atom. The van der Waals surface area contributed by atoms with Crippen LogP contribution in [0.15, 0.2) is 18.3 Å². The second kappa shape index (κ2) is 3.72. The summed E-state index contributed by atoms with van der Waals surface area (Å²) in [6.07, 6.45) is 1.06. The second-order valence-corrected chi connectivity index (χ2v) is 3.62. The molecular formula is C10H11ClN2O2. The van der Waals surface area contributed by atoms with Crippen molar-refractivity contribution >= 4 is 17.2 Å². The predicted octanol–water partition coefficient (Wildman–Crippen LogP) is 2.05. The van der Waals surface area contributed by atoms with Gasteiger partial charge in [0.1, 0.15) is 22.2 Å². The van der Waals surface area contributed by atoms with Gasteiger partial charge in [0.05, 0.1) is 19.4 Å². The Morgan fingerprint density at radius 1 is 1.53 bits per heavy atom. The molecule has 0 amide bonds. The van der Waals surface area contributed by atoms with Crippen molar-refractivity contribution in [1.82, 2.24) is 9.38 Å². The highest BCUT2D eigenvalue weighted by molar-refractivity contribution is 6.30. The van der Waals surface area contributed by atoms with E-state index in [0.717, 1.165) is 0 Å². The van der Waals surface area contributed by atoms with E-state index in [9.17, 15) is 5.11 Å². The molecule has 4 nitrogen and oxygen atoms in total. The lowest BCUT2D eigenvalue weighted by Gasteiger charge is -2.01. The van der Waals surface area contributed by atoms with Gasteiger partial charge >= 0.3 is 0 Å². The Labute approximate surface area is 92.1 Å². The Hall–Kier alpha value is -1.26. The molecule has 0 saturated heterocycles. The number of aliphatic hydroxyl groups is 1. The fourth-order valence-corrected chi connectivity index (χ4v) is 1.74. The van der Waals surface area contributed by atoms with Crippen LogP contribution in [0, 0.1) is 0 Å². The third kappa shape index (κ3) is 1.66. The van der Waals surface area contributed by atoms with Crippen LogP contribution < -0.4 is 4.74 Å². The molecule has 0 aromatic carbocycles. The number of pyridine rings is 1. The maximum Gasteiger partial charge on any atom is 0.139 e. The van der Waals surface area contributed by atoms with Crippen LogP contribution in [0.5, 0.6) is 5.75 Å². The highest BCUT2D eigenvalue weighted by Gasteiger charge is 2.14. The molecule has 2 aromatic rings. The Morgan fingerprint density at radius 2 is 2.27 bits per heavy atom. The number of methoxy groups -OCH3 is 1. The van der Waals surface area contributed by atoms with Crippen LogP contribution in [0.2, 0.25) is 5.15 Å². The van der Waals surface area contributed by atoms with E-state index >= 15 is 0 Å². The van der Waals surface area contributed by atoms with Crippen LogP contribution in [-0.2, 0) is 0 Å². The van der Waals surface area contributed by atoms with Crippen molar-refractivity contribution in [3.05, 3.63) is 29.2 Å². The molecule has 80 valence electrons. The summed E-state index contributed by atoms with van der Waals surface area (Å²) in [5.41, 5.74) is 1.17. The van der Waals surface area contributed by atoms with Crippen LogP contribution in [0.25, 0.3) is 5.65 Å². The number of fused-ring (bicyclic) bond motifs is 1.